The molecule has 0 spiro atoms. The molecular formula is C46H85N5O12P2S. The maximum absolute atomic E-state index is 12.9. The van der Waals surface area contributed by atoms with E-state index >= 15 is 0 Å². The Morgan fingerprint density at radius 1 is 0.788 bits per heavy atom. The summed E-state index contributed by atoms with van der Waals surface area (Å²) in [6.45, 7) is 3.19. The minimum atomic E-state index is -5.28. The van der Waals surface area contributed by atoms with Crippen LogP contribution in [0.5, 0.6) is 0 Å². The molecule has 0 amide bonds. The van der Waals surface area contributed by atoms with Crippen molar-refractivity contribution >= 4 is 33.4 Å². The number of hydrogen-bond donors (Lipinski definition) is 3. The van der Waals surface area contributed by atoms with Crippen molar-refractivity contribution in [3.8, 4) is 0 Å². The lowest BCUT2D eigenvalue weighted by molar-refractivity contribution is -0.149. The van der Waals surface area contributed by atoms with Gasteiger partial charge in [0.15, 0.2) is 0 Å². The SMILES string of the molecule is CCCCCCCCCCCCCCCCCCSC[C@@H](COP(=O)(O)OP(=O)(O)OC[C@H]1O[C@@H](n2ccc(=O)[nH]c2=O)C[C@@H]1N=[N+]=[N-])OC(=O)CCCCCCCCCCCCCCC. The zero-order valence-electron chi connectivity index (χ0n) is 40.3. The molecule has 1 saturated heterocycles. The van der Waals surface area contributed by atoms with Crippen molar-refractivity contribution in [1.29, 1.82) is 0 Å². The summed E-state index contributed by atoms with van der Waals surface area (Å²) in [6, 6.07) is 0.126. The second kappa shape index (κ2) is 37.9. The minimum absolute atomic E-state index is 0.0425. The third-order valence-electron chi connectivity index (χ3n) is 11.8. The van der Waals surface area contributed by atoms with Crippen molar-refractivity contribution < 1.29 is 46.5 Å². The Hall–Kier alpha value is -1.97. The lowest BCUT2D eigenvalue weighted by Crippen LogP contribution is -2.31. The van der Waals surface area contributed by atoms with E-state index in [1.165, 1.54) is 147 Å². The number of unbranched alkanes of at least 4 members (excludes halogenated alkanes) is 27. The fourth-order valence-corrected chi connectivity index (χ4v) is 11.1. The third kappa shape index (κ3) is 30.5. The van der Waals surface area contributed by atoms with Crippen LogP contribution in [0.2, 0.25) is 0 Å². The van der Waals surface area contributed by atoms with Crippen LogP contribution in [0.4, 0.5) is 0 Å². The van der Waals surface area contributed by atoms with E-state index in [0.29, 0.717) is 6.42 Å². The fraction of sp³-hybridized carbons (Fsp3) is 0.891. The number of rotatable bonds is 44. The minimum Gasteiger partial charge on any atom is -0.459 e. The molecule has 1 fully saturated rings. The zero-order valence-corrected chi connectivity index (χ0v) is 42.9. The van der Waals surface area contributed by atoms with Crippen molar-refractivity contribution in [2.45, 2.75) is 237 Å². The van der Waals surface area contributed by atoms with Crippen molar-refractivity contribution in [2.75, 3.05) is 24.7 Å². The second-order valence-electron chi connectivity index (χ2n) is 17.7. The van der Waals surface area contributed by atoms with E-state index in [2.05, 4.69) is 33.2 Å². The Morgan fingerprint density at radius 3 is 1.74 bits per heavy atom. The highest BCUT2D eigenvalue weighted by Gasteiger charge is 2.41. The van der Waals surface area contributed by atoms with Crippen LogP contribution in [0.3, 0.4) is 0 Å². The topological polar surface area (TPSA) is 241 Å². The van der Waals surface area contributed by atoms with E-state index < -0.39 is 70.6 Å². The first-order chi connectivity index (χ1) is 31.9. The van der Waals surface area contributed by atoms with Crippen molar-refractivity contribution in [3.05, 3.63) is 43.5 Å². The summed E-state index contributed by atoms with van der Waals surface area (Å²) in [5.41, 5.74) is 7.62. The predicted molar refractivity (Wildman–Crippen MR) is 262 cm³/mol. The van der Waals surface area contributed by atoms with E-state index in [0.717, 1.165) is 54.9 Å². The molecule has 0 bridgehead atoms. The molecule has 6 atom stereocenters. The highest BCUT2D eigenvalue weighted by atomic mass is 32.2. The van der Waals surface area contributed by atoms with Gasteiger partial charge in [-0.3, -0.25) is 28.2 Å². The number of hydrogen-bond acceptors (Lipinski definition) is 12. The molecule has 3 N–H and O–H groups in total. The molecular weight excluding hydrogens is 909 g/mol. The number of nitrogens with one attached hydrogen (secondary N) is 1. The van der Waals surface area contributed by atoms with Gasteiger partial charge >= 0.3 is 27.3 Å². The van der Waals surface area contributed by atoms with Gasteiger partial charge in [0, 0.05) is 35.8 Å². The molecule has 0 radical (unpaired) electrons. The Kier molecular flexibility index (Phi) is 34.5. The molecule has 1 aromatic heterocycles. The molecule has 17 nitrogen and oxygen atoms in total. The van der Waals surface area contributed by atoms with Crippen LogP contribution in [0.1, 0.15) is 219 Å². The van der Waals surface area contributed by atoms with E-state index in [4.69, 9.17) is 24.1 Å². The summed E-state index contributed by atoms with van der Waals surface area (Å²) in [4.78, 5) is 62.3. The number of carbonyl (C=O) groups excluding carboxylic acids is 1. The largest absolute Gasteiger partial charge is 0.481 e. The number of aromatic amines is 1. The number of ether oxygens (including phenoxy) is 2. The third-order valence-corrected chi connectivity index (χ3v) is 15.6. The van der Waals surface area contributed by atoms with E-state index in [1.807, 2.05) is 0 Å². The summed E-state index contributed by atoms with van der Waals surface area (Å²) >= 11 is 1.54. The molecule has 382 valence electrons. The van der Waals surface area contributed by atoms with Crippen LogP contribution in [-0.4, -0.2) is 68.3 Å². The summed E-state index contributed by atoms with van der Waals surface area (Å²) in [5.74, 6) is 0.638. The summed E-state index contributed by atoms with van der Waals surface area (Å²) in [6.07, 6.45) is 34.0. The normalized spacial score (nSPS) is 18.4. The van der Waals surface area contributed by atoms with Gasteiger partial charge in [-0.25, -0.2) is 13.9 Å². The van der Waals surface area contributed by atoms with Crippen LogP contribution in [0.25, 0.3) is 10.4 Å². The molecule has 1 aromatic rings. The number of phosphoric ester groups is 2. The molecule has 2 unspecified atom stereocenters. The molecule has 1 aliphatic rings. The standard InChI is InChI=1S/C46H85N5O12P2S/c1-3-5-7-9-11-13-15-17-18-19-21-23-25-27-29-31-35-66-39-40(61-45(53)32-30-28-26-24-22-20-16-14-12-10-8-6-4-2)37-59-64(55,56)63-65(57,58)60-38-42-41(49-50-47)36-44(62-42)51-34-33-43(52)48-46(51)54/h33-34,40-42,44H,3-32,35-39H2,1-2H3,(H,55,56)(H,57,58)(H,48,52,54)/t40-,41+,42-,44-/m1/s1. The molecule has 66 heavy (non-hydrogen) atoms. The average Bonchev–Trinajstić information content (AvgIpc) is 3.67. The maximum atomic E-state index is 12.9. The van der Waals surface area contributed by atoms with Crippen LogP contribution >= 0.6 is 27.4 Å². The summed E-state index contributed by atoms with van der Waals surface area (Å²) < 4.78 is 52.8. The van der Waals surface area contributed by atoms with Crippen LogP contribution < -0.4 is 11.2 Å². The van der Waals surface area contributed by atoms with E-state index in [-0.39, 0.29) is 18.6 Å². The Morgan fingerprint density at radius 2 is 1.26 bits per heavy atom. The lowest BCUT2D eigenvalue weighted by Gasteiger charge is -2.22. The fourth-order valence-electron chi connectivity index (χ4n) is 8.02. The smallest absolute Gasteiger partial charge is 0.459 e. The van der Waals surface area contributed by atoms with Crippen molar-refractivity contribution in [3.63, 3.8) is 0 Å². The lowest BCUT2D eigenvalue weighted by atomic mass is 10.0. The second-order valence-corrected chi connectivity index (χ2v) is 21.9. The van der Waals surface area contributed by atoms with Crippen LogP contribution in [-0.2, 0) is 36.8 Å². The van der Waals surface area contributed by atoms with Gasteiger partial charge in [0.2, 0.25) is 0 Å². The van der Waals surface area contributed by atoms with Gasteiger partial charge in [-0.15, -0.1) is 0 Å². The first kappa shape index (κ1) is 60.2. The Labute approximate surface area is 398 Å². The predicted octanol–water partition coefficient (Wildman–Crippen LogP) is 13.1. The van der Waals surface area contributed by atoms with E-state index in [1.54, 1.807) is 11.8 Å². The van der Waals surface area contributed by atoms with Gasteiger partial charge in [-0.1, -0.05) is 192 Å². The highest BCUT2D eigenvalue weighted by molar-refractivity contribution is 7.99. The monoisotopic (exact) mass is 994 g/mol. The number of azide groups is 1. The number of carbonyl (C=O) groups is 1. The van der Waals surface area contributed by atoms with Gasteiger partial charge in [-0.05, 0) is 24.1 Å². The number of esters is 1. The van der Waals surface area contributed by atoms with Crippen LogP contribution in [0, 0.1) is 0 Å². The van der Waals surface area contributed by atoms with Gasteiger partial charge in [0.1, 0.15) is 12.3 Å². The molecule has 0 aromatic carbocycles. The van der Waals surface area contributed by atoms with E-state index in [9.17, 15) is 33.3 Å². The maximum Gasteiger partial charge on any atom is 0.481 e. The summed E-state index contributed by atoms with van der Waals surface area (Å²) in [7, 11) is -10.5. The van der Waals surface area contributed by atoms with Gasteiger partial charge in [0.05, 0.1) is 25.4 Å². The molecule has 0 aliphatic carbocycles. The van der Waals surface area contributed by atoms with Gasteiger partial charge in [-0.2, -0.15) is 16.1 Å². The van der Waals surface area contributed by atoms with Crippen molar-refractivity contribution in [2.24, 2.45) is 5.11 Å². The van der Waals surface area contributed by atoms with Crippen molar-refractivity contribution in [1.82, 2.24) is 9.55 Å². The summed E-state index contributed by atoms with van der Waals surface area (Å²) in [5, 5.41) is 3.61. The molecule has 1 aliphatic heterocycles. The van der Waals surface area contributed by atoms with Gasteiger partial charge in [0.25, 0.3) is 5.56 Å². The highest BCUT2D eigenvalue weighted by Crippen LogP contribution is 2.60. The first-order valence-corrected chi connectivity index (χ1v) is 29.5. The van der Waals surface area contributed by atoms with Crippen LogP contribution in [0.15, 0.2) is 27.0 Å². The molecule has 2 heterocycles. The number of nitrogens with zero attached hydrogens (tertiary/aromatic N) is 4. The van der Waals surface area contributed by atoms with Gasteiger partial charge < -0.3 is 19.3 Å². The average molecular weight is 994 g/mol. The zero-order chi connectivity index (χ0) is 48.1. The first-order valence-electron chi connectivity index (χ1n) is 25.3. The number of H-pyrrole nitrogens is 1. The number of aromatic nitrogens is 2. The Balaban J connectivity index is 1.78. The number of phosphoric acid groups is 2. The molecule has 20 heteroatoms. The quantitative estimate of drug-likeness (QED) is 0.0138. The number of thioether (sulfide) groups is 1. The Bertz CT molecular complexity index is 1680. The molecule has 0 saturated carbocycles. The molecule has 2 rings (SSSR count).